The van der Waals surface area contributed by atoms with E-state index in [2.05, 4.69) is 12.1 Å². The van der Waals surface area contributed by atoms with Crippen molar-refractivity contribution in [2.45, 2.75) is 19.3 Å². The lowest BCUT2D eigenvalue weighted by molar-refractivity contribution is 0.401. The van der Waals surface area contributed by atoms with E-state index >= 15 is 0 Å². The summed E-state index contributed by atoms with van der Waals surface area (Å²) in [4.78, 5) is 0. The van der Waals surface area contributed by atoms with Gasteiger partial charge in [-0.05, 0) is 66.8 Å². The van der Waals surface area contributed by atoms with Crippen LogP contribution in [0, 0.1) is 5.41 Å². The quantitative estimate of drug-likeness (QED) is 0.676. The first kappa shape index (κ1) is 12.7. The zero-order valence-corrected chi connectivity index (χ0v) is 11.5. The molecule has 3 rings (SSSR count). The van der Waals surface area contributed by atoms with E-state index in [1.807, 2.05) is 30.3 Å². The van der Waals surface area contributed by atoms with Gasteiger partial charge in [-0.2, -0.15) is 0 Å². The molecule has 0 saturated heterocycles. The number of benzene rings is 2. The molecule has 0 aromatic heterocycles. The predicted octanol–water partition coefficient (Wildman–Crippen LogP) is 3.94. The fourth-order valence-electron chi connectivity index (χ4n) is 2.54. The van der Waals surface area contributed by atoms with E-state index < -0.39 is 0 Å². The summed E-state index contributed by atoms with van der Waals surface area (Å²) in [5, 5.41) is 7.59. The van der Waals surface area contributed by atoms with Crippen LogP contribution in [0.2, 0.25) is 0 Å². The molecule has 1 aliphatic carbocycles. The van der Waals surface area contributed by atoms with Crippen molar-refractivity contribution >= 4 is 5.90 Å². The minimum atomic E-state index is 0.161. The molecule has 102 valence electrons. The summed E-state index contributed by atoms with van der Waals surface area (Å²) in [6, 6.07) is 13.7. The molecule has 0 heterocycles. The fourth-order valence-corrected chi connectivity index (χ4v) is 2.54. The van der Waals surface area contributed by atoms with Gasteiger partial charge in [-0.25, -0.2) is 0 Å². The molecule has 0 fully saturated rings. The average molecular weight is 267 g/mol. The third kappa shape index (κ3) is 2.52. The SMILES string of the molecule is COC(=N)c1ccc(Oc2ccc3c(c2)CCC3)cc1. The molecular formula is C17H17NO2. The molecule has 3 nitrogen and oxygen atoms in total. The Morgan fingerprint density at radius 2 is 1.65 bits per heavy atom. The number of fused-ring (bicyclic) bond motifs is 1. The monoisotopic (exact) mass is 267 g/mol. The van der Waals surface area contributed by atoms with E-state index in [-0.39, 0.29) is 5.90 Å². The third-order valence-corrected chi connectivity index (χ3v) is 3.63. The van der Waals surface area contributed by atoms with Crippen LogP contribution in [0.25, 0.3) is 0 Å². The summed E-state index contributed by atoms with van der Waals surface area (Å²) in [5.41, 5.74) is 3.59. The van der Waals surface area contributed by atoms with Gasteiger partial charge < -0.3 is 9.47 Å². The third-order valence-electron chi connectivity index (χ3n) is 3.63. The van der Waals surface area contributed by atoms with Crippen molar-refractivity contribution in [1.29, 1.82) is 5.41 Å². The van der Waals surface area contributed by atoms with E-state index in [0.29, 0.717) is 0 Å². The molecule has 0 atom stereocenters. The number of hydrogen-bond donors (Lipinski definition) is 1. The van der Waals surface area contributed by atoms with Crippen molar-refractivity contribution in [3.63, 3.8) is 0 Å². The van der Waals surface area contributed by atoms with E-state index in [9.17, 15) is 0 Å². The van der Waals surface area contributed by atoms with Crippen LogP contribution in [-0.2, 0) is 17.6 Å². The van der Waals surface area contributed by atoms with Crippen molar-refractivity contribution in [2.75, 3.05) is 7.11 Å². The van der Waals surface area contributed by atoms with Gasteiger partial charge in [0.2, 0.25) is 5.90 Å². The van der Waals surface area contributed by atoms with Gasteiger partial charge in [0.05, 0.1) is 7.11 Å². The molecule has 1 N–H and O–H groups in total. The van der Waals surface area contributed by atoms with Crippen LogP contribution in [0.5, 0.6) is 11.5 Å². The lowest BCUT2D eigenvalue weighted by Crippen LogP contribution is -2.00. The van der Waals surface area contributed by atoms with Gasteiger partial charge in [0.15, 0.2) is 0 Å². The molecule has 0 spiro atoms. The first-order valence-electron chi connectivity index (χ1n) is 6.79. The predicted molar refractivity (Wildman–Crippen MR) is 78.8 cm³/mol. The summed E-state index contributed by atoms with van der Waals surface area (Å²) in [5.74, 6) is 1.81. The summed E-state index contributed by atoms with van der Waals surface area (Å²) in [6.07, 6.45) is 3.58. The lowest BCUT2D eigenvalue weighted by atomic mass is 10.1. The standard InChI is InChI=1S/C17H17NO2/c1-19-17(18)13-6-8-15(9-7-13)20-16-10-5-12-3-2-4-14(12)11-16/h5-11,18H,2-4H2,1H3. The molecule has 0 unspecified atom stereocenters. The molecule has 2 aromatic carbocycles. The van der Waals surface area contributed by atoms with E-state index in [4.69, 9.17) is 14.9 Å². The maximum absolute atomic E-state index is 7.59. The molecular weight excluding hydrogens is 250 g/mol. The van der Waals surface area contributed by atoms with Crippen LogP contribution in [0.4, 0.5) is 0 Å². The number of ether oxygens (including phenoxy) is 2. The minimum Gasteiger partial charge on any atom is -0.481 e. The lowest BCUT2D eigenvalue weighted by Gasteiger charge is -2.08. The maximum Gasteiger partial charge on any atom is 0.212 e. The fraction of sp³-hybridized carbons (Fsp3) is 0.235. The smallest absolute Gasteiger partial charge is 0.212 e. The van der Waals surface area contributed by atoms with Gasteiger partial charge in [-0.15, -0.1) is 0 Å². The number of nitrogens with one attached hydrogen (secondary N) is 1. The number of rotatable bonds is 3. The maximum atomic E-state index is 7.59. The van der Waals surface area contributed by atoms with Gasteiger partial charge in [0.25, 0.3) is 0 Å². The topological polar surface area (TPSA) is 42.3 Å². The van der Waals surface area contributed by atoms with Gasteiger partial charge in [0, 0.05) is 5.56 Å². The summed E-state index contributed by atoms with van der Waals surface area (Å²) < 4.78 is 10.7. The highest BCUT2D eigenvalue weighted by Crippen LogP contribution is 2.29. The zero-order valence-electron chi connectivity index (χ0n) is 11.5. The van der Waals surface area contributed by atoms with Gasteiger partial charge in [-0.1, -0.05) is 6.07 Å². The Morgan fingerprint density at radius 3 is 2.40 bits per heavy atom. The molecule has 0 saturated carbocycles. The van der Waals surface area contributed by atoms with Crippen LogP contribution in [0.15, 0.2) is 42.5 Å². The van der Waals surface area contributed by atoms with Crippen molar-refractivity contribution in [3.05, 3.63) is 59.2 Å². The Bertz CT molecular complexity index is 632. The van der Waals surface area contributed by atoms with Crippen LogP contribution in [-0.4, -0.2) is 13.0 Å². The van der Waals surface area contributed by atoms with Crippen molar-refractivity contribution < 1.29 is 9.47 Å². The number of methoxy groups -OCH3 is 1. The highest BCUT2D eigenvalue weighted by Gasteiger charge is 2.11. The minimum absolute atomic E-state index is 0.161. The van der Waals surface area contributed by atoms with E-state index in [1.165, 1.54) is 31.1 Å². The average Bonchev–Trinajstić information content (AvgIpc) is 2.95. The molecule has 2 aromatic rings. The Morgan fingerprint density at radius 1 is 0.950 bits per heavy atom. The van der Waals surface area contributed by atoms with Crippen LogP contribution >= 0.6 is 0 Å². The van der Waals surface area contributed by atoms with Crippen molar-refractivity contribution in [2.24, 2.45) is 0 Å². The molecule has 20 heavy (non-hydrogen) atoms. The molecule has 0 aliphatic heterocycles. The molecule has 1 aliphatic rings. The summed E-state index contributed by atoms with van der Waals surface area (Å²) in [7, 11) is 1.50. The van der Waals surface area contributed by atoms with Gasteiger partial charge in [0.1, 0.15) is 11.5 Å². The first-order valence-corrected chi connectivity index (χ1v) is 6.79. The normalized spacial score (nSPS) is 12.8. The Hall–Kier alpha value is -2.29. The summed E-state index contributed by atoms with van der Waals surface area (Å²) in [6.45, 7) is 0. The second-order valence-electron chi connectivity index (χ2n) is 4.94. The van der Waals surface area contributed by atoms with Crippen molar-refractivity contribution in [1.82, 2.24) is 0 Å². The molecule has 3 heteroatoms. The van der Waals surface area contributed by atoms with Crippen molar-refractivity contribution in [3.8, 4) is 11.5 Å². The number of hydrogen-bond acceptors (Lipinski definition) is 3. The Labute approximate surface area is 118 Å². The second kappa shape index (κ2) is 5.37. The number of aryl methyl sites for hydroxylation is 2. The second-order valence-corrected chi connectivity index (χ2v) is 4.94. The van der Waals surface area contributed by atoms with E-state index in [1.54, 1.807) is 0 Å². The zero-order chi connectivity index (χ0) is 13.9. The van der Waals surface area contributed by atoms with E-state index in [0.717, 1.165) is 23.5 Å². The van der Waals surface area contributed by atoms with Crippen LogP contribution in [0.1, 0.15) is 23.1 Å². The highest BCUT2D eigenvalue weighted by atomic mass is 16.5. The highest BCUT2D eigenvalue weighted by molar-refractivity contribution is 5.91. The first-order chi connectivity index (χ1) is 9.76. The van der Waals surface area contributed by atoms with Gasteiger partial charge in [-0.3, -0.25) is 5.41 Å². The summed E-state index contributed by atoms with van der Waals surface area (Å²) >= 11 is 0. The van der Waals surface area contributed by atoms with Crippen LogP contribution < -0.4 is 4.74 Å². The molecule has 0 bridgehead atoms. The Kier molecular flexibility index (Phi) is 3.42. The largest absolute Gasteiger partial charge is 0.481 e. The molecule has 0 radical (unpaired) electrons. The van der Waals surface area contributed by atoms with Crippen LogP contribution in [0.3, 0.4) is 0 Å². The Balaban J connectivity index is 1.76. The van der Waals surface area contributed by atoms with Gasteiger partial charge >= 0.3 is 0 Å². The molecule has 0 amide bonds.